The van der Waals surface area contributed by atoms with E-state index in [1.54, 1.807) is 19.9 Å². The standard InChI is InChI=1S/C15H20N2O3/c1-4-20-11-6-5-10-7-13(16-12(10)8-11)14(19)17-15(2,3)9-18/h5-8,16,18H,4,9H2,1-3H3,(H,17,19). The van der Waals surface area contributed by atoms with Gasteiger partial charge in [-0.15, -0.1) is 0 Å². The van der Waals surface area contributed by atoms with Crippen LogP contribution in [0.3, 0.4) is 0 Å². The van der Waals surface area contributed by atoms with Crippen molar-refractivity contribution in [3.05, 3.63) is 30.0 Å². The van der Waals surface area contributed by atoms with E-state index in [2.05, 4.69) is 10.3 Å². The molecule has 20 heavy (non-hydrogen) atoms. The van der Waals surface area contributed by atoms with Gasteiger partial charge in [0.15, 0.2) is 0 Å². The molecule has 2 rings (SSSR count). The molecular formula is C15H20N2O3. The second-order valence-corrected chi connectivity index (χ2v) is 5.36. The number of amides is 1. The maximum absolute atomic E-state index is 12.1. The highest BCUT2D eigenvalue weighted by Crippen LogP contribution is 2.21. The molecule has 3 N–H and O–H groups in total. The molecular weight excluding hydrogens is 256 g/mol. The number of nitrogens with one attached hydrogen (secondary N) is 2. The van der Waals surface area contributed by atoms with E-state index in [1.165, 1.54) is 0 Å². The van der Waals surface area contributed by atoms with Crippen LogP contribution >= 0.6 is 0 Å². The molecule has 0 radical (unpaired) electrons. The van der Waals surface area contributed by atoms with Crippen molar-refractivity contribution in [2.45, 2.75) is 26.3 Å². The first-order valence-electron chi connectivity index (χ1n) is 6.64. The zero-order valence-electron chi connectivity index (χ0n) is 12.0. The summed E-state index contributed by atoms with van der Waals surface area (Å²) in [7, 11) is 0. The van der Waals surface area contributed by atoms with Gasteiger partial charge in [-0.05, 0) is 39.0 Å². The zero-order chi connectivity index (χ0) is 14.8. The van der Waals surface area contributed by atoms with Crippen molar-refractivity contribution in [2.75, 3.05) is 13.2 Å². The number of hydrogen-bond acceptors (Lipinski definition) is 3. The summed E-state index contributed by atoms with van der Waals surface area (Å²) in [6.45, 7) is 5.94. The van der Waals surface area contributed by atoms with E-state index in [-0.39, 0.29) is 12.5 Å². The van der Waals surface area contributed by atoms with Gasteiger partial charge < -0.3 is 20.1 Å². The number of fused-ring (bicyclic) bond motifs is 1. The van der Waals surface area contributed by atoms with Crippen LogP contribution in [0.4, 0.5) is 0 Å². The van der Waals surface area contributed by atoms with Gasteiger partial charge in [-0.1, -0.05) is 0 Å². The molecule has 0 atom stereocenters. The predicted molar refractivity (Wildman–Crippen MR) is 78.1 cm³/mol. The quantitative estimate of drug-likeness (QED) is 0.782. The van der Waals surface area contributed by atoms with Crippen LogP contribution in [-0.4, -0.2) is 34.8 Å². The number of benzene rings is 1. The Bertz CT molecular complexity index is 617. The van der Waals surface area contributed by atoms with Gasteiger partial charge in [-0.3, -0.25) is 4.79 Å². The number of carbonyl (C=O) groups excluding carboxylic acids is 1. The van der Waals surface area contributed by atoms with Gasteiger partial charge in [0.05, 0.1) is 18.8 Å². The molecule has 0 aliphatic carbocycles. The van der Waals surface area contributed by atoms with E-state index >= 15 is 0 Å². The van der Waals surface area contributed by atoms with Crippen LogP contribution < -0.4 is 10.1 Å². The Morgan fingerprint density at radius 2 is 2.15 bits per heavy atom. The summed E-state index contributed by atoms with van der Waals surface area (Å²) < 4.78 is 5.43. The fourth-order valence-electron chi connectivity index (χ4n) is 1.90. The number of aliphatic hydroxyl groups excluding tert-OH is 1. The maximum atomic E-state index is 12.1. The van der Waals surface area contributed by atoms with Crippen molar-refractivity contribution in [1.82, 2.24) is 10.3 Å². The Hall–Kier alpha value is -2.01. The first kappa shape index (κ1) is 14.4. The number of hydrogen-bond donors (Lipinski definition) is 3. The van der Waals surface area contributed by atoms with Crippen LogP contribution in [0.15, 0.2) is 24.3 Å². The summed E-state index contributed by atoms with van der Waals surface area (Å²) in [5.74, 6) is 0.530. The lowest BCUT2D eigenvalue weighted by atomic mass is 10.1. The van der Waals surface area contributed by atoms with E-state index < -0.39 is 5.54 Å². The first-order valence-corrected chi connectivity index (χ1v) is 6.64. The Balaban J connectivity index is 2.25. The van der Waals surface area contributed by atoms with Gasteiger partial charge in [0.25, 0.3) is 5.91 Å². The predicted octanol–water partition coefficient (Wildman–Crippen LogP) is 2.07. The number of carbonyl (C=O) groups is 1. The smallest absolute Gasteiger partial charge is 0.268 e. The van der Waals surface area contributed by atoms with Crippen LogP contribution in [0.2, 0.25) is 0 Å². The van der Waals surface area contributed by atoms with Crippen LogP contribution in [-0.2, 0) is 0 Å². The lowest BCUT2D eigenvalue weighted by molar-refractivity contribution is 0.0865. The minimum atomic E-state index is -0.648. The van der Waals surface area contributed by atoms with Crippen molar-refractivity contribution < 1.29 is 14.6 Å². The molecule has 0 saturated heterocycles. The summed E-state index contributed by atoms with van der Waals surface area (Å²) in [6.07, 6.45) is 0. The van der Waals surface area contributed by atoms with Crippen LogP contribution in [0.1, 0.15) is 31.3 Å². The molecule has 0 fully saturated rings. The van der Waals surface area contributed by atoms with Crippen molar-refractivity contribution >= 4 is 16.8 Å². The minimum absolute atomic E-state index is 0.118. The molecule has 2 aromatic rings. The minimum Gasteiger partial charge on any atom is -0.494 e. The lowest BCUT2D eigenvalue weighted by Crippen LogP contribution is -2.46. The van der Waals surface area contributed by atoms with Gasteiger partial charge in [0, 0.05) is 17.0 Å². The maximum Gasteiger partial charge on any atom is 0.268 e. The SMILES string of the molecule is CCOc1ccc2cc(C(=O)NC(C)(C)CO)[nH]c2c1. The van der Waals surface area contributed by atoms with Crippen molar-refractivity contribution in [2.24, 2.45) is 0 Å². The third-order valence-electron chi connectivity index (χ3n) is 3.00. The van der Waals surface area contributed by atoms with Crippen molar-refractivity contribution in [3.63, 3.8) is 0 Å². The number of H-pyrrole nitrogens is 1. The van der Waals surface area contributed by atoms with Gasteiger partial charge in [0.2, 0.25) is 0 Å². The summed E-state index contributed by atoms with van der Waals surface area (Å²) in [4.78, 5) is 15.2. The Morgan fingerprint density at radius 1 is 1.40 bits per heavy atom. The molecule has 0 bridgehead atoms. The fourth-order valence-corrected chi connectivity index (χ4v) is 1.90. The van der Waals surface area contributed by atoms with E-state index in [4.69, 9.17) is 4.74 Å². The topological polar surface area (TPSA) is 74.3 Å². The van der Waals surface area contributed by atoms with Gasteiger partial charge in [-0.25, -0.2) is 0 Å². The number of aromatic nitrogens is 1. The summed E-state index contributed by atoms with van der Waals surface area (Å²) >= 11 is 0. The number of rotatable bonds is 5. The first-order chi connectivity index (χ1) is 9.45. The highest BCUT2D eigenvalue weighted by molar-refractivity contribution is 5.98. The summed E-state index contributed by atoms with van der Waals surface area (Å²) in [5, 5.41) is 12.9. The van der Waals surface area contributed by atoms with E-state index in [1.807, 2.05) is 25.1 Å². The van der Waals surface area contributed by atoms with Crippen molar-refractivity contribution in [1.29, 1.82) is 0 Å². The van der Waals surface area contributed by atoms with E-state index in [9.17, 15) is 9.90 Å². The summed E-state index contributed by atoms with van der Waals surface area (Å²) in [5.41, 5.74) is 0.670. The highest BCUT2D eigenvalue weighted by atomic mass is 16.5. The lowest BCUT2D eigenvalue weighted by Gasteiger charge is -2.22. The fraction of sp³-hybridized carbons (Fsp3) is 0.400. The average Bonchev–Trinajstić information content (AvgIpc) is 2.82. The molecule has 1 heterocycles. The second-order valence-electron chi connectivity index (χ2n) is 5.36. The molecule has 5 nitrogen and oxygen atoms in total. The van der Waals surface area contributed by atoms with Crippen molar-refractivity contribution in [3.8, 4) is 5.75 Å². The van der Waals surface area contributed by atoms with E-state index in [0.717, 1.165) is 16.7 Å². The monoisotopic (exact) mass is 276 g/mol. The Morgan fingerprint density at radius 3 is 2.80 bits per heavy atom. The van der Waals surface area contributed by atoms with Crippen LogP contribution in [0, 0.1) is 0 Å². The molecule has 108 valence electrons. The third-order valence-corrected chi connectivity index (χ3v) is 3.00. The van der Waals surface area contributed by atoms with Crippen LogP contribution in [0.25, 0.3) is 10.9 Å². The molecule has 0 unspecified atom stereocenters. The molecule has 0 spiro atoms. The van der Waals surface area contributed by atoms with Crippen LogP contribution in [0.5, 0.6) is 5.75 Å². The molecule has 1 amide bonds. The third kappa shape index (κ3) is 3.11. The molecule has 0 aliphatic rings. The molecule has 0 aliphatic heterocycles. The van der Waals surface area contributed by atoms with E-state index in [0.29, 0.717) is 12.3 Å². The summed E-state index contributed by atoms with van der Waals surface area (Å²) in [6, 6.07) is 7.43. The average molecular weight is 276 g/mol. The number of aromatic amines is 1. The number of aliphatic hydroxyl groups is 1. The molecule has 0 saturated carbocycles. The Labute approximate surface area is 117 Å². The largest absolute Gasteiger partial charge is 0.494 e. The normalized spacial score (nSPS) is 11.6. The van der Waals surface area contributed by atoms with Gasteiger partial charge in [-0.2, -0.15) is 0 Å². The zero-order valence-corrected chi connectivity index (χ0v) is 12.0. The molecule has 5 heteroatoms. The molecule has 1 aromatic heterocycles. The highest BCUT2D eigenvalue weighted by Gasteiger charge is 2.21. The second kappa shape index (κ2) is 5.54. The molecule has 1 aromatic carbocycles. The number of ether oxygens (including phenoxy) is 1. The Kier molecular flexibility index (Phi) is 3.99. The van der Waals surface area contributed by atoms with Gasteiger partial charge in [0.1, 0.15) is 11.4 Å². The van der Waals surface area contributed by atoms with Gasteiger partial charge >= 0.3 is 0 Å².